The Morgan fingerprint density at radius 1 is 0.974 bits per heavy atom. The van der Waals surface area contributed by atoms with Gasteiger partial charge in [-0.3, -0.25) is 4.79 Å². The number of aromatic amines is 1. The highest BCUT2D eigenvalue weighted by Crippen LogP contribution is 2.36. The molecule has 1 fully saturated rings. The first kappa shape index (κ1) is 24.7. The monoisotopic (exact) mass is 527 g/mol. The quantitative estimate of drug-likeness (QED) is 0.390. The summed E-state index contributed by atoms with van der Waals surface area (Å²) in [5.74, 6) is 0.669. The highest BCUT2D eigenvalue weighted by atomic mass is 35.5. The summed E-state index contributed by atoms with van der Waals surface area (Å²) < 4.78 is 0. The van der Waals surface area contributed by atoms with E-state index in [0.717, 1.165) is 83.2 Å². The molecule has 0 bridgehead atoms. The number of likely N-dealkylation sites (N-methyl/N-ethyl adjacent to an activating group) is 1. The third-order valence-electron chi connectivity index (χ3n) is 7.59. The molecular formula is C29H30ClN7O. The van der Waals surface area contributed by atoms with Crippen molar-refractivity contribution in [2.75, 3.05) is 44.7 Å². The van der Waals surface area contributed by atoms with Crippen LogP contribution in [0.1, 0.15) is 16.7 Å². The van der Waals surface area contributed by atoms with Gasteiger partial charge < -0.3 is 14.7 Å². The molecule has 0 radical (unpaired) electrons. The minimum atomic E-state index is 0.110. The Morgan fingerprint density at radius 2 is 1.74 bits per heavy atom. The SMILES string of the molecule is CN1CCN(CCc2cc3c(cc2Cl)N(Cc2ccc(-c4ccccc4-c4nn[nH]n4)cc2)C(=O)C3)CC1. The van der Waals surface area contributed by atoms with Crippen molar-refractivity contribution >= 4 is 23.2 Å². The first-order valence-electron chi connectivity index (χ1n) is 13.0. The van der Waals surface area contributed by atoms with Crippen LogP contribution in [0.15, 0.2) is 60.7 Å². The number of fused-ring (bicyclic) bond motifs is 1. The van der Waals surface area contributed by atoms with Crippen LogP contribution < -0.4 is 4.90 Å². The fourth-order valence-electron chi connectivity index (χ4n) is 5.34. The van der Waals surface area contributed by atoms with Crippen molar-refractivity contribution < 1.29 is 4.79 Å². The summed E-state index contributed by atoms with van der Waals surface area (Å²) in [4.78, 5) is 19.7. The second-order valence-electron chi connectivity index (χ2n) is 10.1. The molecular weight excluding hydrogens is 498 g/mol. The van der Waals surface area contributed by atoms with Gasteiger partial charge in [0.15, 0.2) is 0 Å². The number of piperazine rings is 1. The zero-order chi connectivity index (χ0) is 26.1. The molecule has 0 spiro atoms. The molecule has 4 aromatic rings. The number of rotatable bonds is 7. The van der Waals surface area contributed by atoms with Crippen LogP contribution in [0, 0.1) is 0 Å². The van der Waals surface area contributed by atoms with Crippen LogP contribution in [0.2, 0.25) is 5.02 Å². The van der Waals surface area contributed by atoms with E-state index >= 15 is 0 Å². The second-order valence-corrected chi connectivity index (χ2v) is 10.5. The number of carbonyl (C=O) groups excluding carboxylic acids is 1. The third-order valence-corrected chi connectivity index (χ3v) is 7.95. The van der Waals surface area contributed by atoms with E-state index in [1.807, 2.05) is 35.2 Å². The van der Waals surface area contributed by atoms with Gasteiger partial charge >= 0.3 is 0 Å². The molecule has 0 atom stereocenters. The van der Waals surface area contributed by atoms with E-state index in [4.69, 9.17) is 11.6 Å². The molecule has 0 saturated carbocycles. The summed E-state index contributed by atoms with van der Waals surface area (Å²) in [5, 5.41) is 15.2. The van der Waals surface area contributed by atoms with Gasteiger partial charge in [0, 0.05) is 49.0 Å². The standard InChI is InChI=1S/C29H30ClN7O/c1-35-12-14-36(15-13-35)11-10-22-16-23-17-28(38)37(27(23)18-26(22)30)19-20-6-8-21(9-7-20)24-4-2-3-5-25(24)29-31-33-34-32-29/h2-9,16,18H,10-15,17,19H2,1H3,(H,31,32,33,34). The molecule has 8 nitrogen and oxygen atoms in total. The van der Waals surface area contributed by atoms with Crippen LogP contribution in [0.4, 0.5) is 5.69 Å². The van der Waals surface area contributed by atoms with Crippen LogP contribution in [-0.2, 0) is 24.2 Å². The number of H-pyrrole nitrogens is 1. The van der Waals surface area contributed by atoms with E-state index in [0.29, 0.717) is 18.8 Å². The summed E-state index contributed by atoms with van der Waals surface area (Å²) in [6.45, 7) is 5.89. The lowest BCUT2D eigenvalue weighted by molar-refractivity contribution is -0.117. The van der Waals surface area contributed by atoms with Crippen molar-refractivity contribution in [1.82, 2.24) is 30.4 Å². The lowest BCUT2D eigenvalue weighted by Crippen LogP contribution is -2.45. The normalized spacial score (nSPS) is 16.3. The van der Waals surface area contributed by atoms with Gasteiger partial charge in [0.1, 0.15) is 0 Å². The van der Waals surface area contributed by atoms with Gasteiger partial charge in [0.2, 0.25) is 11.7 Å². The van der Waals surface area contributed by atoms with Gasteiger partial charge in [-0.05, 0) is 52.6 Å². The molecule has 3 heterocycles. The number of aromatic nitrogens is 4. The first-order chi connectivity index (χ1) is 18.5. The fraction of sp³-hybridized carbons (Fsp3) is 0.310. The lowest BCUT2D eigenvalue weighted by Gasteiger charge is -2.32. The topological polar surface area (TPSA) is 81.2 Å². The van der Waals surface area contributed by atoms with E-state index < -0.39 is 0 Å². The lowest BCUT2D eigenvalue weighted by atomic mass is 9.98. The summed E-state index contributed by atoms with van der Waals surface area (Å²) in [6, 6.07) is 20.4. The maximum absolute atomic E-state index is 13.0. The molecule has 2 aliphatic rings. The highest BCUT2D eigenvalue weighted by molar-refractivity contribution is 6.32. The van der Waals surface area contributed by atoms with Crippen molar-refractivity contribution in [1.29, 1.82) is 0 Å². The van der Waals surface area contributed by atoms with Crippen LogP contribution >= 0.6 is 11.6 Å². The maximum Gasteiger partial charge on any atom is 0.231 e. The number of carbonyl (C=O) groups is 1. The largest absolute Gasteiger partial charge is 0.307 e. The zero-order valence-electron chi connectivity index (χ0n) is 21.4. The first-order valence-corrected chi connectivity index (χ1v) is 13.4. The summed E-state index contributed by atoms with van der Waals surface area (Å²) >= 11 is 6.73. The number of anilines is 1. The Kier molecular flexibility index (Phi) is 6.93. The molecule has 1 amide bonds. The van der Waals surface area contributed by atoms with Crippen molar-refractivity contribution in [2.24, 2.45) is 0 Å². The number of nitrogens with zero attached hydrogens (tertiary/aromatic N) is 6. The zero-order valence-corrected chi connectivity index (χ0v) is 22.2. The third kappa shape index (κ3) is 5.07. The van der Waals surface area contributed by atoms with E-state index in [9.17, 15) is 4.79 Å². The van der Waals surface area contributed by atoms with Crippen molar-refractivity contribution in [3.8, 4) is 22.5 Å². The number of halogens is 1. The average molecular weight is 528 g/mol. The maximum atomic E-state index is 13.0. The Hall–Kier alpha value is -3.59. The second kappa shape index (κ2) is 10.6. The number of nitrogens with one attached hydrogen (secondary N) is 1. The highest BCUT2D eigenvalue weighted by Gasteiger charge is 2.28. The molecule has 6 rings (SSSR count). The number of amides is 1. The van der Waals surface area contributed by atoms with E-state index in [1.165, 1.54) is 0 Å². The molecule has 9 heteroatoms. The molecule has 0 unspecified atom stereocenters. The molecule has 1 N–H and O–H groups in total. The minimum Gasteiger partial charge on any atom is -0.307 e. The Bertz CT molecular complexity index is 1430. The van der Waals surface area contributed by atoms with Crippen LogP contribution in [0.25, 0.3) is 22.5 Å². The molecule has 2 aliphatic heterocycles. The number of benzene rings is 3. The molecule has 38 heavy (non-hydrogen) atoms. The molecule has 194 valence electrons. The Morgan fingerprint density at radius 3 is 2.47 bits per heavy atom. The molecule has 1 saturated heterocycles. The van der Waals surface area contributed by atoms with Gasteiger partial charge in [-0.1, -0.05) is 66.2 Å². The predicted molar refractivity (Wildman–Crippen MR) is 149 cm³/mol. The van der Waals surface area contributed by atoms with Crippen molar-refractivity contribution in [2.45, 2.75) is 19.4 Å². The van der Waals surface area contributed by atoms with Gasteiger partial charge in [0.25, 0.3) is 0 Å². The van der Waals surface area contributed by atoms with E-state index in [2.05, 4.69) is 67.8 Å². The smallest absolute Gasteiger partial charge is 0.231 e. The predicted octanol–water partition coefficient (Wildman–Crippen LogP) is 4.07. The number of hydrogen-bond donors (Lipinski definition) is 1. The fourth-order valence-corrected chi connectivity index (χ4v) is 5.59. The van der Waals surface area contributed by atoms with Crippen molar-refractivity contribution in [3.63, 3.8) is 0 Å². The number of tetrazole rings is 1. The molecule has 1 aromatic heterocycles. The van der Waals surface area contributed by atoms with Crippen LogP contribution in [0.3, 0.4) is 0 Å². The van der Waals surface area contributed by atoms with Gasteiger partial charge in [-0.15, -0.1) is 10.2 Å². The Labute approximate surface area is 227 Å². The molecule has 3 aromatic carbocycles. The summed E-state index contributed by atoms with van der Waals surface area (Å²) in [5.41, 5.74) is 7.17. The minimum absolute atomic E-state index is 0.110. The van der Waals surface area contributed by atoms with Crippen LogP contribution in [-0.4, -0.2) is 76.1 Å². The van der Waals surface area contributed by atoms with Gasteiger partial charge in [-0.25, -0.2) is 0 Å². The van der Waals surface area contributed by atoms with Gasteiger partial charge in [-0.2, -0.15) is 5.21 Å². The van der Waals surface area contributed by atoms with Crippen molar-refractivity contribution in [3.05, 3.63) is 82.4 Å². The van der Waals surface area contributed by atoms with E-state index in [1.54, 1.807) is 0 Å². The Balaban J connectivity index is 1.16. The van der Waals surface area contributed by atoms with Crippen LogP contribution in [0.5, 0.6) is 0 Å². The van der Waals surface area contributed by atoms with Gasteiger partial charge in [0.05, 0.1) is 13.0 Å². The van der Waals surface area contributed by atoms with E-state index in [-0.39, 0.29) is 5.91 Å². The summed E-state index contributed by atoms with van der Waals surface area (Å²) in [6.07, 6.45) is 1.32. The summed E-state index contributed by atoms with van der Waals surface area (Å²) in [7, 11) is 2.17. The number of hydrogen-bond acceptors (Lipinski definition) is 6. The molecule has 0 aliphatic carbocycles. The average Bonchev–Trinajstić information content (AvgIpc) is 3.57.